The Morgan fingerprint density at radius 2 is 2.04 bits per heavy atom. The number of likely N-dealkylation sites (tertiary alicyclic amines) is 1. The van der Waals surface area contributed by atoms with Crippen LogP contribution in [0.1, 0.15) is 53.0 Å². The Bertz CT molecular complexity index is 890. The van der Waals surface area contributed by atoms with E-state index in [9.17, 15) is 4.79 Å². The minimum Gasteiger partial charge on any atom is -0.350 e. The molecule has 2 aromatic carbocycles. The highest BCUT2D eigenvalue weighted by molar-refractivity contribution is 5.81. The zero-order chi connectivity index (χ0) is 19.7. The van der Waals surface area contributed by atoms with Crippen LogP contribution >= 0.6 is 0 Å². The Hall–Kier alpha value is -2.66. The van der Waals surface area contributed by atoms with Gasteiger partial charge in [0.05, 0.1) is 6.21 Å². The third kappa shape index (κ3) is 3.54. The standard InChI is InChI=1S/C23H28N4O/c1-3-27-11-10-19-21(14-27)18-9-4-15(2)12-20(18)22(19)17-7-5-16(6-8-17)13-25-26-23(24)28/h4-9,12-13,19,21-22H,3,10-11,14H2,1-2H3,(H3,24,26,28)/t19-,21-,22+/m1/s1. The van der Waals surface area contributed by atoms with Gasteiger partial charge >= 0.3 is 6.03 Å². The van der Waals surface area contributed by atoms with Gasteiger partial charge in [0.15, 0.2) is 0 Å². The van der Waals surface area contributed by atoms with Crippen LogP contribution in [-0.2, 0) is 0 Å². The van der Waals surface area contributed by atoms with E-state index >= 15 is 0 Å². The lowest BCUT2D eigenvalue weighted by Gasteiger charge is -2.37. The summed E-state index contributed by atoms with van der Waals surface area (Å²) in [7, 11) is 0. The second-order valence-electron chi connectivity index (χ2n) is 7.96. The summed E-state index contributed by atoms with van der Waals surface area (Å²) in [5.74, 6) is 1.74. The minimum atomic E-state index is -0.657. The molecule has 1 saturated heterocycles. The number of carbonyl (C=O) groups is 1. The van der Waals surface area contributed by atoms with Gasteiger partial charge in [0.1, 0.15) is 0 Å². The van der Waals surface area contributed by atoms with E-state index in [1.165, 1.54) is 35.2 Å². The fourth-order valence-electron chi connectivity index (χ4n) is 4.97. The predicted molar refractivity (Wildman–Crippen MR) is 113 cm³/mol. The molecule has 0 aromatic heterocycles. The Morgan fingerprint density at radius 1 is 1.25 bits per heavy atom. The first-order valence-electron chi connectivity index (χ1n) is 10.1. The highest BCUT2D eigenvalue weighted by Gasteiger charge is 2.43. The lowest BCUT2D eigenvalue weighted by Crippen LogP contribution is -2.38. The van der Waals surface area contributed by atoms with Crippen molar-refractivity contribution in [2.24, 2.45) is 16.8 Å². The van der Waals surface area contributed by atoms with Crippen molar-refractivity contribution in [1.82, 2.24) is 10.3 Å². The molecule has 2 amide bonds. The number of nitrogens with zero attached hydrogens (tertiary/aromatic N) is 2. The van der Waals surface area contributed by atoms with Gasteiger partial charge in [-0.05, 0) is 54.6 Å². The lowest BCUT2D eigenvalue weighted by molar-refractivity contribution is 0.167. The van der Waals surface area contributed by atoms with Crippen molar-refractivity contribution in [3.05, 3.63) is 70.3 Å². The summed E-state index contributed by atoms with van der Waals surface area (Å²) in [4.78, 5) is 13.3. The zero-order valence-corrected chi connectivity index (χ0v) is 16.6. The van der Waals surface area contributed by atoms with Crippen molar-refractivity contribution in [2.45, 2.75) is 32.1 Å². The highest BCUT2D eigenvalue weighted by atomic mass is 16.2. The van der Waals surface area contributed by atoms with Crippen LogP contribution in [-0.4, -0.2) is 36.8 Å². The van der Waals surface area contributed by atoms with Gasteiger partial charge in [-0.1, -0.05) is 55.0 Å². The second-order valence-corrected chi connectivity index (χ2v) is 7.96. The molecule has 1 aliphatic carbocycles. The number of hydrogen-bond donors (Lipinski definition) is 2. The summed E-state index contributed by atoms with van der Waals surface area (Å²) in [5, 5.41) is 3.84. The molecule has 0 bridgehead atoms. The molecule has 3 atom stereocenters. The van der Waals surface area contributed by atoms with Crippen LogP contribution in [0.2, 0.25) is 0 Å². The van der Waals surface area contributed by atoms with Crippen LogP contribution in [0.5, 0.6) is 0 Å². The van der Waals surface area contributed by atoms with Gasteiger partial charge in [-0.3, -0.25) is 0 Å². The first-order valence-corrected chi connectivity index (χ1v) is 10.1. The molecule has 0 saturated carbocycles. The van der Waals surface area contributed by atoms with Crippen molar-refractivity contribution in [2.75, 3.05) is 19.6 Å². The average Bonchev–Trinajstić information content (AvgIpc) is 3.00. The van der Waals surface area contributed by atoms with Gasteiger partial charge in [-0.2, -0.15) is 5.10 Å². The summed E-state index contributed by atoms with van der Waals surface area (Å²) in [5.41, 5.74) is 13.9. The van der Waals surface area contributed by atoms with Crippen LogP contribution in [0.25, 0.3) is 0 Å². The molecule has 5 heteroatoms. The van der Waals surface area contributed by atoms with Crippen LogP contribution in [0, 0.1) is 12.8 Å². The van der Waals surface area contributed by atoms with Gasteiger partial charge in [-0.25, -0.2) is 10.2 Å². The van der Waals surface area contributed by atoms with Crippen molar-refractivity contribution >= 4 is 12.2 Å². The third-order valence-electron chi connectivity index (χ3n) is 6.29. The molecule has 1 fully saturated rings. The largest absolute Gasteiger partial charge is 0.350 e. The molecule has 146 valence electrons. The Balaban J connectivity index is 1.64. The summed E-state index contributed by atoms with van der Waals surface area (Å²) in [6.07, 6.45) is 2.85. The molecule has 1 heterocycles. The lowest BCUT2D eigenvalue weighted by atomic mass is 9.78. The van der Waals surface area contributed by atoms with E-state index in [1.807, 2.05) is 0 Å². The first kappa shape index (κ1) is 18.7. The van der Waals surface area contributed by atoms with E-state index < -0.39 is 6.03 Å². The number of likely N-dealkylation sites (N-methyl/N-ethyl adjacent to an activating group) is 1. The summed E-state index contributed by atoms with van der Waals surface area (Å²) in [6, 6.07) is 14.9. The molecule has 1 aliphatic heterocycles. The molecule has 0 radical (unpaired) electrons. The quantitative estimate of drug-likeness (QED) is 0.633. The van der Waals surface area contributed by atoms with Gasteiger partial charge in [0.2, 0.25) is 0 Å². The van der Waals surface area contributed by atoms with E-state index in [2.05, 4.69) is 71.7 Å². The van der Waals surface area contributed by atoms with Gasteiger partial charge < -0.3 is 10.6 Å². The maximum absolute atomic E-state index is 10.7. The van der Waals surface area contributed by atoms with Crippen LogP contribution < -0.4 is 11.2 Å². The van der Waals surface area contributed by atoms with Crippen LogP contribution in [0.4, 0.5) is 4.79 Å². The smallest absolute Gasteiger partial charge is 0.332 e. The Kier molecular flexibility index (Phi) is 5.18. The fraction of sp³-hybridized carbons (Fsp3) is 0.391. The monoisotopic (exact) mass is 376 g/mol. The average molecular weight is 377 g/mol. The van der Waals surface area contributed by atoms with Crippen molar-refractivity contribution in [3.63, 3.8) is 0 Å². The first-order chi connectivity index (χ1) is 13.6. The number of nitrogens with two attached hydrogens (primary N) is 1. The maximum Gasteiger partial charge on any atom is 0.332 e. The highest BCUT2D eigenvalue weighted by Crippen LogP contribution is 2.53. The number of rotatable bonds is 4. The number of fused-ring (bicyclic) bond motifs is 3. The Morgan fingerprint density at radius 3 is 2.75 bits per heavy atom. The predicted octanol–water partition coefficient (Wildman–Crippen LogP) is 3.57. The van der Waals surface area contributed by atoms with Crippen molar-refractivity contribution in [1.29, 1.82) is 0 Å². The summed E-state index contributed by atoms with van der Waals surface area (Å²) in [6.45, 7) is 7.92. The number of aryl methyl sites for hydroxylation is 1. The van der Waals surface area contributed by atoms with Crippen molar-refractivity contribution in [3.8, 4) is 0 Å². The number of amides is 2. The van der Waals surface area contributed by atoms with Crippen molar-refractivity contribution < 1.29 is 4.79 Å². The molecule has 5 nitrogen and oxygen atoms in total. The third-order valence-corrected chi connectivity index (χ3v) is 6.29. The van der Waals surface area contributed by atoms with E-state index in [0.717, 1.165) is 18.7 Å². The van der Waals surface area contributed by atoms with Gasteiger partial charge in [-0.15, -0.1) is 0 Å². The molecule has 0 unspecified atom stereocenters. The maximum atomic E-state index is 10.7. The molecule has 3 N–H and O–H groups in total. The molecule has 28 heavy (non-hydrogen) atoms. The topological polar surface area (TPSA) is 70.7 Å². The molecule has 4 rings (SSSR count). The summed E-state index contributed by atoms with van der Waals surface area (Å²) < 4.78 is 0. The molecule has 0 spiro atoms. The number of piperidine rings is 1. The summed E-state index contributed by atoms with van der Waals surface area (Å²) >= 11 is 0. The molecule has 2 aliphatic rings. The molecular weight excluding hydrogens is 348 g/mol. The second kappa shape index (κ2) is 7.76. The Labute approximate surface area is 166 Å². The minimum absolute atomic E-state index is 0.452. The number of primary amides is 1. The van der Waals surface area contributed by atoms with E-state index in [-0.39, 0.29) is 0 Å². The van der Waals surface area contributed by atoms with Crippen LogP contribution in [0.3, 0.4) is 0 Å². The normalized spacial score (nSPS) is 24.1. The van der Waals surface area contributed by atoms with Crippen LogP contribution in [0.15, 0.2) is 47.6 Å². The van der Waals surface area contributed by atoms with Gasteiger partial charge in [0, 0.05) is 18.4 Å². The zero-order valence-electron chi connectivity index (χ0n) is 16.6. The van der Waals surface area contributed by atoms with E-state index in [4.69, 9.17) is 5.73 Å². The van der Waals surface area contributed by atoms with Gasteiger partial charge in [0.25, 0.3) is 0 Å². The number of hydrazone groups is 1. The SMILES string of the molecule is CCN1CC[C@H]2[C@H](c3ccc(C=NNC(N)=O)cc3)c3cc(C)ccc3[C@H]2C1. The van der Waals surface area contributed by atoms with E-state index in [1.54, 1.807) is 6.21 Å². The number of urea groups is 1. The molecule has 2 aromatic rings. The fourth-order valence-corrected chi connectivity index (χ4v) is 4.97. The van der Waals surface area contributed by atoms with E-state index in [0.29, 0.717) is 17.8 Å². The number of nitrogens with one attached hydrogen (secondary N) is 1. The number of carbonyl (C=O) groups excluding carboxylic acids is 1. The number of benzene rings is 2. The molecular formula is C23H28N4O. The number of hydrogen-bond acceptors (Lipinski definition) is 3.